The van der Waals surface area contributed by atoms with Gasteiger partial charge in [0.15, 0.2) is 0 Å². The van der Waals surface area contributed by atoms with Gasteiger partial charge in [0.25, 0.3) is 10.0 Å². The Balaban J connectivity index is 1.93. The maximum atomic E-state index is 13.6. The molecule has 0 saturated heterocycles. The molecule has 0 radical (unpaired) electrons. The third-order valence-electron chi connectivity index (χ3n) is 5.49. The van der Waals surface area contributed by atoms with Crippen LogP contribution >= 0.6 is 0 Å². The van der Waals surface area contributed by atoms with E-state index in [1.807, 2.05) is 64.1 Å². The lowest BCUT2D eigenvalue weighted by atomic mass is 10.1. The summed E-state index contributed by atoms with van der Waals surface area (Å²) in [5.41, 5.74) is 4.45. The minimum Gasteiger partial charge on any atom is -0.348 e. The molecule has 0 aliphatic carbocycles. The minimum atomic E-state index is -3.93. The van der Waals surface area contributed by atoms with E-state index in [0.717, 1.165) is 22.3 Å². The lowest BCUT2D eigenvalue weighted by Gasteiger charge is -2.27. The van der Waals surface area contributed by atoms with Gasteiger partial charge in [-0.1, -0.05) is 72.6 Å². The standard InChI is InChI=1S/C26H30N2O3S/c1-5-22-8-6-7-9-25(22)28(32(30,31)24-16-12-20(3)13-17-24)18-26(29)27-21(4)23-14-10-19(2)11-15-23/h6-17,21H,5,18H2,1-4H3,(H,27,29)/t21-/m1/s1. The highest BCUT2D eigenvalue weighted by molar-refractivity contribution is 7.92. The van der Waals surface area contributed by atoms with Gasteiger partial charge in [0, 0.05) is 0 Å². The first kappa shape index (κ1) is 23.5. The number of nitrogens with zero attached hydrogens (tertiary/aromatic N) is 1. The Hall–Kier alpha value is -3.12. The highest BCUT2D eigenvalue weighted by Crippen LogP contribution is 2.28. The number of rotatable bonds is 8. The second-order valence-corrected chi connectivity index (χ2v) is 9.87. The molecule has 0 aliphatic heterocycles. The minimum absolute atomic E-state index is 0.161. The summed E-state index contributed by atoms with van der Waals surface area (Å²) in [6.45, 7) is 7.46. The second-order valence-electron chi connectivity index (χ2n) is 8.01. The number of hydrogen-bond acceptors (Lipinski definition) is 3. The number of nitrogens with one attached hydrogen (secondary N) is 1. The molecule has 0 unspecified atom stereocenters. The zero-order valence-electron chi connectivity index (χ0n) is 19.0. The van der Waals surface area contributed by atoms with Crippen molar-refractivity contribution in [2.75, 3.05) is 10.8 Å². The molecule has 3 aromatic rings. The molecule has 3 aromatic carbocycles. The van der Waals surface area contributed by atoms with E-state index in [2.05, 4.69) is 5.32 Å². The Morgan fingerprint density at radius 3 is 2.06 bits per heavy atom. The van der Waals surface area contributed by atoms with Crippen molar-refractivity contribution in [2.24, 2.45) is 0 Å². The number of amides is 1. The van der Waals surface area contributed by atoms with Gasteiger partial charge in [0.2, 0.25) is 5.91 Å². The monoisotopic (exact) mass is 450 g/mol. The summed E-state index contributed by atoms with van der Waals surface area (Å²) in [6, 6.07) is 21.7. The summed E-state index contributed by atoms with van der Waals surface area (Å²) in [4.78, 5) is 13.2. The summed E-state index contributed by atoms with van der Waals surface area (Å²) in [6.07, 6.45) is 0.650. The summed E-state index contributed by atoms with van der Waals surface area (Å²) in [7, 11) is -3.93. The fourth-order valence-electron chi connectivity index (χ4n) is 3.55. The maximum Gasteiger partial charge on any atom is 0.264 e. The lowest BCUT2D eigenvalue weighted by Crippen LogP contribution is -2.42. The van der Waals surface area contributed by atoms with Crippen LogP contribution in [0.5, 0.6) is 0 Å². The van der Waals surface area contributed by atoms with Gasteiger partial charge in [-0.2, -0.15) is 0 Å². The largest absolute Gasteiger partial charge is 0.348 e. The third-order valence-corrected chi connectivity index (χ3v) is 7.27. The zero-order chi connectivity index (χ0) is 23.3. The third kappa shape index (κ3) is 5.37. The predicted molar refractivity (Wildman–Crippen MR) is 129 cm³/mol. The van der Waals surface area contributed by atoms with E-state index in [1.54, 1.807) is 36.4 Å². The van der Waals surface area contributed by atoms with Crippen LogP contribution in [0.1, 0.15) is 42.1 Å². The van der Waals surface area contributed by atoms with Crippen molar-refractivity contribution in [1.29, 1.82) is 0 Å². The van der Waals surface area contributed by atoms with E-state index < -0.39 is 10.0 Å². The molecule has 0 saturated carbocycles. The van der Waals surface area contributed by atoms with Crippen LogP contribution in [-0.2, 0) is 21.2 Å². The summed E-state index contributed by atoms with van der Waals surface area (Å²) >= 11 is 0. The van der Waals surface area contributed by atoms with Gasteiger partial charge in [0.1, 0.15) is 6.54 Å². The molecular weight excluding hydrogens is 420 g/mol. The van der Waals surface area contributed by atoms with Crippen LogP contribution in [0.4, 0.5) is 5.69 Å². The van der Waals surface area contributed by atoms with Crippen LogP contribution in [0.15, 0.2) is 77.7 Å². The molecule has 0 aromatic heterocycles. The normalized spacial score (nSPS) is 12.2. The second kappa shape index (κ2) is 10.0. The summed E-state index contributed by atoms with van der Waals surface area (Å²) in [5.74, 6) is -0.361. The summed E-state index contributed by atoms with van der Waals surface area (Å²) < 4.78 is 28.4. The molecule has 0 fully saturated rings. The van der Waals surface area contributed by atoms with E-state index >= 15 is 0 Å². The SMILES string of the molecule is CCc1ccccc1N(CC(=O)N[C@H](C)c1ccc(C)cc1)S(=O)(=O)c1ccc(C)cc1. The Labute approximate surface area is 191 Å². The zero-order valence-corrected chi connectivity index (χ0v) is 19.8. The fraction of sp³-hybridized carbons (Fsp3) is 0.269. The van der Waals surface area contributed by atoms with Crippen LogP contribution in [0.3, 0.4) is 0 Å². The van der Waals surface area contributed by atoms with Crippen molar-refractivity contribution in [3.63, 3.8) is 0 Å². The Kier molecular flexibility index (Phi) is 7.36. The number of sulfonamides is 1. The van der Waals surface area contributed by atoms with Gasteiger partial charge < -0.3 is 5.32 Å². The van der Waals surface area contributed by atoms with Gasteiger partial charge in [-0.15, -0.1) is 0 Å². The first-order valence-corrected chi connectivity index (χ1v) is 12.2. The van der Waals surface area contributed by atoms with Crippen molar-refractivity contribution < 1.29 is 13.2 Å². The first-order valence-electron chi connectivity index (χ1n) is 10.8. The van der Waals surface area contributed by atoms with Crippen LogP contribution in [-0.4, -0.2) is 20.9 Å². The topological polar surface area (TPSA) is 66.5 Å². The number of carbonyl (C=O) groups is 1. The Morgan fingerprint density at radius 1 is 0.906 bits per heavy atom. The summed E-state index contributed by atoms with van der Waals surface area (Å²) in [5, 5.41) is 2.94. The van der Waals surface area contributed by atoms with E-state index in [-0.39, 0.29) is 23.4 Å². The van der Waals surface area contributed by atoms with E-state index in [1.165, 1.54) is 4.31 Å². The average Bonchev–Trinajstić information content (AvgIpc) is 2.78. The van der Waals surface area contributed by atoms with Gasteiger partial charge >= 0.3 is 0 Å². The van der Waals surface area contributed by atoms with Crippen molar-refractivity contribution in [3.05, 3.63) is 95.1 Å². The molecule has 6 heteroatoms. The highest BCUT2D eigenvalue weighted by atomic mass is 32.2. The smallest absolute Gasteiger partial charge is 0.264 e. The Morgan fingerprint density at radius 2 is 1.47 bits per heavy atom. The van der Waals surface area contributed by atoms with Crippen LogP contribution in [0.25, 0.3) is 0 Å². The van der Waals surface area contributed by atoms with E-state index in [0.29, 0.717) is 12.1 Å². The number of anilines is 1. The molecule has 1 amide bonds. The number of carbonyl (C=O) groups excluding carboxylic acids is 1. The molecule has 1 atom stereocenters. The predicted octanol–water partition coefficient (Wildman–Crippen LogP) is 4.94. The van der Waals surface area contributed by atoms with E-state index in [4.69, 9.17) is 0 Å². The Bertz CT molecular complexity index is 1170. The molecular formula is C26H30N2O3S. The molecule has 32 heavy (non-hydrogen) atoms. The molecule has 0 aliphatic rings. The van der Waals surface area contributed by atoms with Gasteiger partial charge in [-0.05, 0) is 56.5 Å². The van der Waals surface area contributed by atoms with Crippen LogP contribution in [0, 0.1) is 13.8 Å². The van der Waals surface area contributed by atoms with Gasteiger partial charge in [-0.25, -0.2) is 8.42 Å². The number of hydrogen-bond donors (Lipinski definition) is 1. The molecule has 0 spiro atoms. The van der Waals surface area contributed by atoms with Gasteiger partial charge in [0.05, 0.1) is 16.6 Å². The lowest BCUT2D eigenvalue weighted by molar-refractivity contribution is -0.120. The van der Waals surface area contributed by atoms with E-state index in [9.17, 15) is 13.2 Å². The number of benzene rings is 3. The number of aryl methyl sites for hydroxylation is 3. The highest BCUT2D eigenvalue weighted by Gasteiger charge is 2.29. The van der Waals surface area contributed by atoms with Crippen molar-refractivity contribution in [3.8, 4) is 0 Å². The van der Waals surface area contributed by atoms with Crippen molar-refractivity contribution >= 4 is 21.6 Å². The molecule has 0 heterocycles. The number of para-hydroxylation sites is 1. The molecule has 0 bridgehead atoms. The van der Waals surface area contributed by atoms with Crippen molar-refractivity contribution in [2.45, 2.75) is 45.1 Å². The van der Waals surface area contributed by atoms with Crippen LogP contribution in [0.2, 0.25) is 0 Å². The molecule has 1 N–H and O–H groups in total. The maximum absolute atomic E-state index is 13.6. The van der Waals surface area contributed by atoms with Gasteiger partial charge in [-0.3, -0.25) is 9.10 Å². The molecule has 3 rings (SSSR count). The fourth-order valence-corrected chi connectivity index (χ4v) is 5.01. The quantitative estimate of drug-likeness (QED) is 0.529. The molecule has 5 nitrogen and oxygen atoms in total. The van der Waals surface area contributed by atoms with Crippen LogP contribution < -0.4 is 9.62 Å². The first-order chi connectivity index (χ1) is 15.2. The average molecular weight is 451 g/mol. The molecule has 168 valence electrons. The van der Waals surface area contributed by atoms with Crippen molar-refractivity contribution in [1.82, 2.24) is 5.32 Å².